The first kappa shape index (κ1) is 15.1. The van der Waals surface area contributed by atoms with Crippen LogP contribution >= 0.6 is 0 Å². The Morgan fingerprint density at radius 3 is 2.68 bits per heavy atom. The standard InChI is InChI=1S/C18H23FN2O/c1-13-6-16(11-20(2)8-13)15-4-5-18(17(19)7-15)22-12-14-9-21(3)10-14/h4-8,14H,9-12H2,1-3H3. The third-order valence-electron chi connectivity index (χ3n) is 4.16. The van der Waals surface area contributed by atoms with Crippen molar-refractivity contribution in [1.82, 2.24) is 9.80 Å². The lowest BCUT2D eigenvalue weighted by molar-refractivity contribution is 0.0841. The molecule has 0 atom stereocenters. The van der Waals surface area contributed by atoms with E-state index in [-0.39, 0.29) is 5.82 Å². The van der Waals surface area contributed by atoms with Crippen molar-refractivity contribution < 1.29 is 9.13 Å². The third kappa shape index (κ3) is 3.33. The van der Waals surface area contributed by atoms with Crippen LogP contribution in [0.3, 0.4) is 0 Å². The van der Waals surface area contributed by atoms with Crippen LogP contribution in [0.2, 0.25) is 0 Å². The van der Waals surface area contributed by atoms with Gasteiger partial charge in [0.05, 0.1) is 6.61 Å². The number of allylic oxidation sites excluding steroid dienone is 2. The molecule has 0 aliphatic carbocycles. The second-order valence-electron chi connectivity index (χ2n) is 6.50. The normalized spacial score (nSPS) is 19.5. The number of hydrogen-bond donors (Lipinski definition) is 0. The van der Waals surface area contributed by atoms with Crippen LogP contribution in [0.4, 0.5) is 4.39 Å². The zero-order valence-corrected chi connectivity index (χ0v) is 13.5. The second-order valence-corrected chi connectivity index (χ2v) is 6.50. The fraction of sp³-hybridized carbons (Fsp3) is 0.444. The van der Waals surface area contributed by atoms with Crippen molar-refractivity contribution in [2.75, 3.05) is 40.3 Å². The molecule has 0 aromatic heterocycles. The monoisotopic (exact) mass is 302 g/mol. The minimum atomic E-state index is -0.277. The van der Waals surface area contributed by atoms with E-state index in [1.165, 1.54) is 5.57 Å². The Morgan fingerprint density at radius 2 is 2.05 bits per heavy atom. The van der Waals surface area contributed by atoms with Gasteiger partial charge in [0.25, 0.3) is 0 Å². The number of likely N-dealkylation sites (tertiary alicyclic amines) is 1. The highest BCUT2D eigenvalue weighted by Crippen LogP contribution is 2.27. The molecule has 0 bridgehead atoms. The minimum Gasteiger partial charge on any atom is -0.490 e. The van der Waals surface area contributed by atoms with Gasteiger partial charge in [0.2, 0.25) is 0 Å². The van der Waals surface area contributed by atoms with Crippen LogP contribution in [-0.4, -0.2) is 50.1 Å². The smallest absolute Gasteiger partial charge is 0.165 e. The van der Waals surface area contributed by atoms with Crippen LogP contribution in [-0.2, 0) is 0 Å². The van der Waals surface area contributed by atoms with Gasteiger partial charge in [0.15, 0.2) is 11.6 Å². The zero-order valence-electron chi connectivity index (χ0n) is 13.5. The predicted molar refractivity (Wildman–Crippen MR) is 87.2 cm³/mol. The van der Waals surface area contributed by atoms with Gasteiger partial charge in [-0.2, -0.15) is 0 Å². The van der Waals surface area contributed by atoms with E-state index in [1.54, 1.807) is 12.1 Å². The Labute approximate surface area is 131 Å². The molecule has 1 aromatic rings. The lowest BCUT2D eigenvalue weighted by Crippen LogP contribution is -2.46. The van der Waals surface area contributed by atoms with E-state index in [9.17, 15) is 4.39 Å². The van der Waals surface area contributed by atoms with Crippen molar-refractivity contribution in [2.45, 2.75) is 6.92 Å². The van der Waals surface area contributed by atoms with Gasteiger partial charge in [0, 0.05) is 38.8 Å². The SMILES string of the molecule is CC1=CN(C)CC(c2ccc(OCC3CN(C)C3)c(F)c2)=C1. The first-order valence-corrected chi connectivity index (χ1v) is 7.72. The Kier molecular flexibility index (Phi) is 4.21. The molecule has 0 radical (unpaired) electrons. The first-order chi connectivity index (χ1) is 10.5. The summed E-state index contributed by atoms with van der Waals surface area (Å²) in [5.41, 5.74) is 3.24. The summed E-state index contributed by atoms with van der Waals surface area (Å²) < 4.78 is 19.9. The van der Waals surface area contributed by atoms with E-state index >= 15 is 0 Å². The Balaban J connectivity index is 1.68. The zero-order chi connectivity index (χ0) is 15.7. The van der Waals surface area contributed by atoms with Gasteiger partial charge in [-0.05, 0) is 42.8 Å². The summed E-state index contributed by atoms with van der Waals surface area (Å²) in [7, 11) is 4.11. The highest BCUT2D eigenvalue weighted by atomic mass is 19.1. The third-order valence-corrected chi connectivity index (χ3v) is 4.16. The summed E-state index contributed by atoms with van der Waals surface area (Å²) in [5.74, 6) is 0.600. The molecular weight excluding hydrogens is 279 g/mol. The summed E-state index contributed by atoms with van der Waals surface area (Å²) in [6, 6.07) is 5.28. The summed E-state index contributed by atoms with van der Waals surface area (Å²) in [4.78, 5) is 4.34. The molecule has 2 heterocycles. The van der Waals surface area contributed by atoms with Crippen LogP contribution in [0, 0.1) is 11.7 Å². The number of ether oxygens (including phenoxy) is 1. The summed E-state index contributed by atoms with van der Waals surface area (Å²) in [6.45, 7) is 5.51. The van der Waals surface area contributed by atoms with E-state index in [0.29, 0.717) is 18.3 Å². The minimum absolute atomic E-state index is 0.277. The maximum Gasteiger partial charge on any atom is 0.165 e. The van der Waals surface area contributed by atoms with Crippen LogP contribution in [0.25, 0.3) is 5.57 Å². The van der Waals surface area contributed by atoms with Crippen LogP contribution in [0.5, 0.6) is 5.75 Å². The number of halogens is 1. The van der Waals surface area contributed by atoms with Crippen molar-refractivity contribution in [3.8, 4) is 5.75 Å². The van der Waals surface area contributed by atoms with Crippen molar-refractivity contribution >= 4 is 5.57 Å². The van der Waals surface area contributed by atoms with Gasteiger partial charge < -0.3 is 14.5 Å². The Bertz CT molecular complexity index is 618. The van der Waals surface area contributed by atoms with E-state index in [4.69, 9.17) is 4.74 Å². The molecule has 3 rings (SSSR count). The average Bonchev–Trinajstić information content (AvgIpc) is 2.42. The Hall–Kier alpha value is -1.81. The number of hydrogen-bond acceptors (Lipinski definition) is 3. The highest BCUT2D eigenvalue weighted by molar-refractivity contribution is 5.71. The van der Waals surface area contributed by atoms with Crippen molar-refractivity contribution in [3.63, 3.8) is 0 Å². The molecule has 22 heavy (non-hydrogen) atoms. The van der Waals surface area contributed by atoms with Gasteiger partial charge >= 0.3 is 0 Å². The summed E-state index contributed by atoms with van der Waals surface area (Å²) in [5, 5.41) is 0. The predicted octanol–water partition coefficient (Wildman–Crippen LogP) is 3.00. The van der Waals surface area contributed by atoms with Crippen molar-refractivity contribution in [2.24, 2.45) is 5.92 Å². The lowest BCUT2D eigenvalue weighted by atomic mass is 10.0. The molecule has 0 amide bonds. The van der Waals surface area contributed by atoms with Gasteiger partial charge in [-0.3, -0.25) is 0 Å². The molecule has 0 unspecified atom stereocenters. The maximum atomic E-state index is 14.3. The number of rotatable bonds is 4. The molecule has 1 aromatic carbocycles. The molecule has 0 saturated carbocycles. The summed E-state index contributed by atoms with van der Waals surface area (Å²) >= 11 is 0. The lowest BCUT2D eigenvalue weighted by Gasteiger charge is -2.35. The van der Waals surface area contributed by atoms with Gasteiger partial charge in [0.1, 0.15) is 0 Å². The van der Waals surface area contributed by atoms with E-state index < -0.39 is 0 Å². The van der Waals surface area contributed by atoms with Crippen LogP contribution in [0.15, 0.2) is 36.0 Å². The largest absolute Gasteiger partial charge is 0.490 e. The van der Waals surface area contributed by atoms with E-state index in [1.807, 2.05) is 13.1 Å². The quantitative estimate of drug-likeness (QED) is 0.850. The Morgan fingerprint density at radius 1 is 1.27 bits per heavy atom. The number of nitrogens with zero attached hydrogens (tertiary/aromatic N) is 2. The topological polar surface area (TPSA) is 15.7 Å². The fourth-order valence-corrected chi connectivity index (χ4v) is 3.15. The molecule has 0 spiro atoms. The molecule has 1 saturated heterocycles. The first-order valence-electron chi connectivity index (χ1n) is 7.72. The number of likely N-dealkylation sites (N-methyl/N-ethyl adjacent to an activating group) is 1. The van der Waals surface area contributed by atoms with Crippen LogP contribution < -0.4 is 4.74 Å². The number of benzene rings is 1. The molecule has 1 fully saturated rings. The molecule has 2 aliphatic rings. The van der Waals surface area contributed by atoms with Crippen LogP contribution in [0.1, 0.15) is 12.5 Å². The van der Waals surface area contributed by atoms with E-state index in [0.717, 1.165) is 30.8 Å². The van der Waals surface area contributed by atoms with E-state index in [2.05, 4.69) is 36.0 Å². The van der Waals surface area contributed by atoms with Crippen molar-refractivity contribution in [3.05, 3.63) is 47.4 Å². The fourth-order valence-electron chi connectivity index (χ4n) is 3.15. The van der Waals surface area contributed by atoms with Crippen molar-refractivity contribution in [1.29, 1.82) is 0 Å². The molecule has 0 N–H and O–H groups in total. The van der Waals surface area contributed by atoms with Gasteiger partial charge in [-0.1, -0.05) is 12.1 Å². The average molecular weight is 302 g/mol. The molecular formula is C18H23FN2O. The summed E-state index contributed by atoms with van der Waals surface area (Å²) in [6.07, 6.45) is 4.20. The molecule has 4 heteroatoms. The molecule has 2 aliphatic heterocycles. The second kappa shape index (κ2) is 6.13. The molecule has 3 nitrogen and oxygen atoms in total. The molecule has 118 valence electrons. The van der Waals surface area contributed by atoms with Gasteiger partial charge in [-0.25, -0.2) is 4.39 Å². The highest BCUT2D eigenvalue weighted by Gasteiger charge is 2.24. The van der Waals surface area contributed by atoms with Gasteiger partial charge in [-0.15, -0.1) is 0 Å². The maximum absolute atomic E-state index is 14.3.